The summed E-state index contributed by atoms with van der Waals surface area (Å²) in [6, 6.07) is 4.14. The second-order valence-corrected chi connectivity index (χ2v) is 6.80. The number of nitrogens with zero attached hydrogens (tertiary/aromatic N) is 1. The molecule has 0 fully saturated rings. The van der Waals surface area contributed by atoms with Crippen molar-refractivity contribution in [2.75, 3.05) is 13.1 Å². The number of halogens is 5. The van der Waals surface area contributed by atoms with Crippen LogP contribution >= 0.6 is 23.2 Å². The molecule has 1 amide bonds. The summed E-state index contributed by atoms with van der Waals surface area (Å²) in [4.78, 5) is 13.1. The summed E-state index contributed by atoms with van der Waals surface area (Å²) in [6.07, 6.45) is -4.48. The van der Waals surface area contributed by atoms with Gasteiger partial charge in [0.25, 0.3) is 5.91 Å². The van der Waals surface area contributed by atoms with Gasteiger partial charge in [0.05, 0.1) is 10.6 Å². The molecule has 0 aliphatic rings. The van der Waals surface area contributed by atoms with Crippen molar-refractivity contribution < 1.29 is 18.0 Å². The Morgan fingerprint density at radius 2 is 1.71 bits per heavy atom. The van der Waals surface area contributed by atoms with Crippen molar-refractivity contribution in [2.45, 2.75) is 26.9 Å². The molecular formula is C14H16Cl2F3NO. The highest BCUT2D eigenvalue weighted by atomic mass is 35.5. The van der Waals surface area contributed by atoms with E-state index in [1.54, 1.807) is 20.8 Å². The predicted molar refractivity (Wildman–Crippen MR) is 77.9 cm³/mol. The normalized spacial score (nSPS) is 12.4. The van der Waals surface area contributed by atoms with Crippen molar-refractivity contribution >= 4 is 29.1 Å². The van der Waals surface area contributed by atoms with E-state index in [-0.39, 0.29) is 22.2 Å². The van der Waals surface area contributed by atoms with Crippen LogP contribution in [-0.2, 0) is 0 Å². The van der Waals surface area contributed by atoms with Gasteiger partial charge in [0.1, 0.15) is 6.54 Å². The molecule has 1 aromatic rings. The number of hydrogen-bond acceptors (Lipinski definition) is 1. The molecule has 0 spiro atoms. The number of benzene rings is 1. The van der Waals surface area contributed by atoms with Gasteiger partial charge in [-0.3, -0.25) is 4.79 Å². The van der Waals surface area contributed by atoms with Gasteiger partial charge in [0.2, 0.25) is 0 Å². The van der Waals surface area contributed by atoms with Crippen LogP contribution in [-0.4, -0.2) is 30.1 Å². The molecule has 0 N–H and O–H groups in total. The SMILES string of the molecule is CC(C)(C)CN(CC(F)(F)F)C(=O)c1cc(Cl)ccc1Cl. The summed E-state index contributed by atoms with van der Waals surface area (Å²) >= 11 is 11.7. The molecule has 0 unspecified atom stereocenters. The van der Waals surface area contributed by atoms with Gasteiger partial charge in [-0.15, -0.1) is 0 Å². The third-order valence-corrected chi connectivity index (χ3v) is 3.05. The molecule has 0 aliphatic heterocycles. The zero-order valence-electron chi connectivity index (χ0n) is 11.9. The smallest absolute Gasteiger partial charge is 0.329 e. The molecule has 0 aliphatic carbocycles. The van der Waals surface area contributed by atoms with Crippen molar-refractivity contribution in [1.82, 2.24) is 4.90 Å². The molecule has 0 atom stereocenters. The number of amides is 1. The Morgan fingerprint density at radius 1 is 1.14 bits per heavy atom. The van der Waals surface area contributed by atoms with Gasteiger partial charge >= 0.3 is 6.18 Å². The van der Waals surface area contributed by atoms with Crippen LogP contribution in [0.4, 0.5) is 13.2 Å². The Hall–Kier alpha value is -0.940. The Kier molecular flexibility index (Phi) is 5.56. The highest BCUT2D eigenvalue weighted by Gasteiger charge is 2.35. The Bertz CT molecular complexity index is 508. The molecule has 0 saturated carbocycles. The van der Waals surface area contributed by atoms with Gasteiger partial charge in [-0.1, -0.05) is 44.0 Å². The van der Waals surface area contributed by atoms with Crippen LogP contribution in [0.15, 0.2) is 18.2 Å². The highest BCUT2D eigenvalue weighted by molar-refractivity contribution is 6.35. The highest BCUT2D eigenvalue weighted by Crippen LogP contribution is 2.26. The largest absolute Gasteiger partial charge is 0.406 e. The Balaban J connectivity index is 3.12. The van der Waals surface area contributed by atoms with E-state index in [4.69, 9.17) is 23.2 Å². The lowest BCUT2D eigenvalue weighted by atomic mass is 9.95. The first-order valence-corrected chi connectivity index (χ1v) is 6.96. The van der Waals surface area contributed by atoms with Crippen molar-refractivity contribution in [3.8, 4) is 0 Å². The molecule has 1 rings (SSSR count). The van der Waals surface area contributed by atoms with Gasteiger partial charge in [-0.05, 0) is 23.6 Å². The third-order valence-electron chi connectivity index (χ3n) is 2.48. The van der Waals surface area contributed by atoms with Crippen molar-refractivity contribution in [1.29, 1.82) is 0 Å². The number of hydrogen-bond donors (Lipinski definition) is 0. The van der Waals surface area contributed by atoms with Crippen LogP contribution in [0, 0.1) is 5.41 Å². The van der Waals surface area contributed by atoms with E-state index in [0.29, 0.717) is 0 Å². The minimum atomic E-state index is -4.48. The molecule has 0 radical (unpaired) electrons. The first-order chi connectivity index (χ1) is 9.39. The van der Waals surface area contributed by atoms with E-state index in [0.717, 1.165) is 4.90 Å². The zero-order chi connectivity index (χ0) is 16.4. The van der Waals surface area contributed by atoms with Crippen LogP contribution in [0.3, 0.4) is 0 Å². The molecule has 7 heteroatoms. The van der Waals surface area contributed by atoms with E-state index in [2.05, 4.69) is 0 Å². The molecule has 0 heterocycles. The Morgan fingerprint density at radius 3 is 2.19 bits per heavy atom. The molecular weight excluding hydrogens is 326 g/mol. The van der Waals surface area contributed by atoms with Crippen LogP contribution in [0.1, 0.15) is 31.1 Å². The lowest BCUT2D eigenvalue weighted by Crippen LogP contribution is -2.43. The molecule has 0 saturated heterocycles. The van der Waals surface area contributed by atoms with Crippen molar-refractivity contribution in [3.63, 3.8) is 0 Å². The first-order valence-electron chi connectivity index (χ1n) is 6.20. The minimum Gasteiger partial charge on any atom is -0.329 e. The third kappa shape index (κ3) is 6.14. The van der Waals surface area contributed by atoms with E-state index >= 15 is 0 Å². The standard InChI is InChI=1S/C14H16Cl2F3NO/c1-13(2,3)7-20(8-14(17,18)19)12(21)10-6-9(15)4-5-11(10)16/h4-6H,7-8H2,1-3H3. The number of rotatable bonds is 3. The molecule has 0 aromatic heterocycles. The molecule has 21 heavy (non-hydrogen) atoms. The number of carbonyl (C=O) groups excluding carboxylic acids is 1. The van der Waals surface area contributed by atoms with Gasteiger partial charge in [-0.25, -0.2) is 0 Å². The second-order valence-electron chi connectivity index (χ2n) is 5.96. The maximum atomic E-state index is 12.7. The summed E-state index contributed by atoms with van der Waals surface area (Å²) < 4.78 is 38.1. The summed E-state index contributed by atoms with van der Waals surface area (Å²) in [7, 11) is 0. The predicted octanol–water partition coefficient (Wildman–Crippen LogP) is 5.04. The summed E-state index contributed by atoms with van der Waals surface area (Å²) in [5.74, 6) is -0.783. The Labute approximate surface area is 131 Å². The lowest BCUT2D eigenvalue weighted by molar-refractivity contribution is -0.142. The van der Waals surface area contributed by atoms with Crippen molar-refractivity contribution in [2.24, 2.45) is 5.41 Å². The van der Waals surface area contributed by atoms with Crippen molar-refractivity contribution in [3.05, 3.63) is 33.8 Å². The molecule has 1 aromatic carbocycles. The average molecular weight is 342 g/mol. The maximum absolute atomic E-state index is 12.7. The van der Waals surface area contributed by atoms with Crippen LogP contribution in [0.5, 0.6) is 0 Å². The summed E-state index contributed by atoms with van der Waals surface area (Å²) in [5.41, 5.74) is -0.510. The van der Waals surface area contributed by atoms with Crippen LogP contribution in [0.25, 0.3) is 0 Å². The van der Waals surface area contributed by atoms with E-state index in [1.807, 2.05) is 0 Å². The van der Waals surface area contributed by atoms with E-state index < -0.39 is 24.0 Å². The number of carbonyl (C=O) groups is 1. The van der Waals surface area contributed by atoms with Gasteiger partial charge in [0, 0.05) is 11.6 Å². The molecule has 118 valence electrons. The van der Waals surface area contributed by atoms with Crippen LogP contribution in [0.2, 0.25) is 10.0 Å². The summed E-state index contributed by atoms with van der Waals surface area (Å²) in [6.45, 7) is 3.88. The first kappa shape index (κ1) is 18.1. The van der Waals surface area contributed by atoms with Gasteiger partial charge in [-0.2, -0.15) is 13.2 Å². The second kappa shape index (κ2) is 6.44. The number of alkyl halides is 3. The fourth-order valence-electron chi connectivity index (χ4n) is 1.82. The zero-order valence-corrected chi connectivity index (χ0v) is 13.4. The van der Waals surface area contributed by atoms with Gasteiger partial charge in [0.15, 0.2) is 0 Å². The molecule has 2 nitrogen and oxygen atoms in total. The average Bonchev–Trinajstić information content (AvgIpc) is 2.27. The van der Waals surface area contributed by atoms with E-state index in [1.165, 1.54) is 18.2 Å². The van der Waals surface area contributed by atoms with Gasteiger partial charge < -0.3 is 4.90 Å². The monoisotopic (exact) mass is 341 g/mol. The van der Waals surface area contributed by atoms with E-state index in [9.17, 15) is 18.0 Å². The fourth-order valence-corrected chi connectivity index (χ4v) is 2.19. The summed E-state index contributed by atoms with van der Waals surface area (Å²) in [5, 5.41) is 0.316. The topological polar surface area (TPSA) is 20.3 Å². The lowest BCUT2D eigenvalue weighted by Gasteiger charge is -2.31. The fraction of sp³-hybridized carbons (Fsp3) is 0.500. The van der Waals surface area contributed by atoms with Crippen LogP contribution < -0.4 is 0 Å². The molecule has 0 bridgehead atoms. The minimum absolute atomic E-state index is 0.0299. The quantitative estimate of drug-likeness (QED) is 0.753. The maximum Gasteiger partial charge on any atom is 0.406 e.